The third-order valence-electron chi connectivity index (χ3n) is 3.08. The first kappa shape index (κ1) is 16.2. The molecule has 3 heteroatoms. The molecule has 0 aliphatic rings. The third kappa shape index (κ3) is 6.33. The van der Waals surface area contributed by atoms with Gasteiger partial charge in [-0.3, -0.25) is 4.98 Å². The molecule has 0 saturated heterocycles. The van der Waals surface area contributed by atoms with Gasteiger partial charge in [0.25, 0.3) is 0 Å². The van der Waals surface area contributed by atoms with E-state index < -0.39 is 0 Å². The van der Waals surface area contributed by atoms with Gasteiger partial charge < -0.3 is 0 Å². The molecule has 0 aliphatic heterocycles. The van der Waals surface area contributed by atoms with E-state index in [1.165, 1.54) is 50.5 Å². The molecule has 1 aromatic heterocycles. The zero-order valence-electron chi connectivity index (χ0n) is 11.2. The van der Waals surface area contributed by atoms with E-state index in [1.54, 1.807) is 0 Å². The maximum Gasteiger partial charge on any atom is 0.0515 e. The van der Waals surface area contributed by atoms with Crippen molar-refractivity contribution in [1.29, 1.82) is 0 Å². The van der Waals surface area contributed by atoms with E-state index in [4.69, 9.17) is 0 Å². The summed E-state index contributed by atoms with van der Waals surface area (Å²) in [5.74, 6) is 0. The Morgan fingerprint density at radius 2 is 1.44 bits per heavy atom. The van der Waals surface area contributed by atoms with Gasteiger partial charge >= 0.3 is 0 Å². The van der Waals surface area contributed by atoms with Crippen molar-refractivity contribution in [1.82, 2.24) is 4.98 Å². The lowest BCUT2D eigenvalue weighted by Gasteiger charge is -2.06. The topological polar surface area (TPSA) is 12.9 Å². The maximum absolute atomic E-state index is 4.55. The second kappa shape index (κ2) is 9.96. The van der Waals surface area contributed by atoms with Crippen LogP contribution in [0.3, 0.4) is 0 Å². The van der Waals surface area contributed by atoms with Crippen LogP contribution in [0.25, 0.3) is 0 Å². The summed E-state index contributed by atoms with van der Waals surface area (Å²) in [5.41, 5.74) is 3.73. The van der Waals surface area contributed by atoms with E-state index in [1.807, 2.05) is 0 Å². The number of aromatic nitrogens is 1. The standard InChI is InChI=1S/C15H23Br2N/c1-2-3-4-5-6-7-8-13-9-14(11-16)18-15(10-13)12-17/h9-10H,2-8,11-12H2,1H3. The Bertz CT molecular complexity index is 317. The van der Waals surface area contributed by atoms with E-state index in [9.17, 15) is 0 Å². The molecule has 0 N–H and O–H groups in total. The summed E-state index contributed by atoms with van der Waals surface area (Å²) in [4.78, 5) is 4.55. The third-order valence-corrected chi connectivity index (χ3v) is 4.23. The number of hydrogen-bond donors (Lipinski definition) is 0. The lowest BCUT2D eigenvalue weighted by Crippen LogP contribution is -1.96. The number of halogens is 2. The Balaban J connectivity index is 2.36. The molecule has 1 nitrogen and oxygen atoms in total. The Hall–Kier alpha value is 0.110. The van der Waals surface area contributed by atoms with Crippen molar-refractivity contribution in [3.63, 3.8) is 0 Å². The van der Waals surface area contributed by atoms with Gasteiger partial charge in [0.2, 0.25) is 0 Å². The molecule has 102 valence electrons. The normalized spacial score (nSPS) is 10.8. The van der Waals surface area contributed by atoms with E-state index in [0.29, 0.717) is 0 Å². The highest BCUT2D eigenvalue weighted by Gasteiger charge is 2.01. The van der Waals surface area contributed by atoms with Gasteiger partial charge in [0, 0.05) is 10.7 Å². The smallest absolute Gasteiger partial charge is 0.0515 e. The monoisotopic (exact) mass is 375 g/mol. The minimum atomic E-state index is 0.845. The molecule has 0 bridgehead atoms. The van der Waals surface area contributed by atoms with Crippen LogP contribution in [-0.4, -0.2) is 4.98 Å². The SMILES string of the molecule is CCCCCCCCc1cc(CBr)nc(CBr)c1. The van der Waals surface area contributed by atoms with Crippen molar-refractivity contribution in [2.45, 2.75) is 62.5 Å². The fraction of sp³-hybridized carbons (Fsp3) is 0.667. The van der Waals surface area contributed by atoms with Crippen LogP contribution in [-0.2, 0) is 17.1 Å². The lowest BCUT2D eigenvalue weighted by atomic mass is 10.0. The van der Waals surface area contributed by atoms with Crippen molar-refractivity contribution >= 4 is 31.9 Å². The highest BCUT2D eigenvalue weighted by Crippen LogP contribution is 2.15. The lowest BCUT2D eigenvalue weighted by molar-refractivity contribution is 0.607. The first-order chi connectivity index (χ1) is 8.80. The quantitative estimate of drug-likeness (QED) is 0.393. The zero-order valence-corrected chi connectivity index (χ0v) is 14.4. The second-order valence-electron chi connectivity index (χ2n) is 4.74. The van der Waals surface area contributed by atoms with E-state index in [-0.39, 0.29) is 0 Å². The summed E-state index contributed by atoms with van der Waals surface area (Å²) in [7, 11) is 0. The van der Waals surface area contributed by atoms with Gasteiger partial charge in [0.1, 0.15) is 0 Å². The van der Waals surface area contributed by atoms with Crippen LogP contribution in [0.1, 0.15) is 62.4 Å². The van der Waals surface area contributed by atoms with Gasteiger partial charge in [-0.05, 0) is 30.5 Å². The minimum Gasteiger partial charge on any atom is -0.256 e. The van der Waals surface area contributed by atoms with Crippen molar-refractivity contribution in [2.75, 3.05) is 0 Å². The minimum absolute atomic E-state index is 0.845. The maximum atomic E-state index is 4.55. The van der Waals surface area contributed by atoms with Crippen molar-refractivity contribution in [3.05, 3.63) is 29.1 Å². The van der Waals surface area contributed by atoms with Crippen LogP contribution in [0.5, 0.6) is 0 Å². The summed E-state index contributed by atoms with van der Waals surface area (Å²) in [6, 6.07) is 4.46. The number of alkyl halides is 2. The molecule has 0 saturated carbocycles. The molecule has 1 rings (SSSR count). The number of hydrogen-bond acceptors (Lipinski definition) is 1. The van der Waals surface area contributed by atoms with Crippen molar-refractivity contribution in [3.8, 4) is 0 Å². The van der Waals surface area contributed by atoms with Gasteiger partial charge in [0.05, 0.1) is 11.4 Å². The average molecular weight is 377 g/mol. The molecule has 1 heterocycles. The van der Waals surface area contributed by atoms with Gasteiger partial charge in [-0.1, -0.05) is 70.9 Å². The molecule has 0 radical (unpaired) electrons. The summed E-state index contributed by atoms with van der Waals surface area (Å²) < 4.78 is 0. The predicted molar refractivity (Wildman–Crippen MR) is 86.6 cm³/mol. The zero-order chi connectivity index (χ0) is 13.2. The van der Waals surface area contributed by atoms with Crippen LogP contribution in [0.4, 0.5) is 0 Å². The van der Waals surface area contributed by atoms with Crippen LogP contribution >= 0.6 is 31.9 Å². The van der Waals surface area contributed by atoms with Crippen LogP contribution < -0.4 is 0 Å². The molecule has 1 aromatic rings. The molecule has 0 unspecified atom stereocenters. The average Bonchev–Trinajstić information content (AvgIpc) is 2.42. The van der Waals surface area contributed by atoms with Gasteiger partial charge in [-0.25, -0.2) is 0 Å². The van der Waals surface area contributed by atoms with E-state index >= 15 is 0 Å². The molecule has 0 aromatic carbocycles. The Morgan fingerprint density at radius 1 is 0.889 bits per heavy atom. The van der Waals surface area contributed by atoms with Gasteiger partial charge in [-0.15, -0.1) is 0 Å². The number of pyridine rings is 1. The fourth-order valence-electron chi connectivity index (χ4n) is 2.11. The first-order valence-corrected chi connectivity index (χ1v) is 9.15. The molecule has 0 aliphatic carbocycles. The second-order valence-corrected chi connectivity index (χ2v) is 5.86. The summed E-state index contributed by atoms with van der Waals surface area (Å²) in [6.07, 6.45) is 9.34. The number of rotatable bonds is 9. The van der Waals surface area contributed by atoms with Crippen LogP contribution in [0, 0.1) is 0 Å². The van der Waals surface area contributed by atoms with Gasteiger partial charge in [0.15, 0.2) is 0 Å². The van der Waals surface area contributed by atoms with Crippen molar-refractivity contribution < 1.29 is 0 Å². The molecule has 0 fully saturated rings. The number of nitrogens with zero attached hydrogens (tertiary/aromatic N) is 1. The van der Waals surface area contributed by atoms with Crippen LogP contribution in [0.15, 0.2) is 12.1 Å². The highest BCUT2D eigenvalue weighted by atomic mass is 79.9. The highest BCUT2D eigenvalue weighted by molar-refractivity contribution is 9.08. The molecule has 0 spiro atoms. The van der Waals surface area contributed by atoms with Crippen LogP contribution in [0.2, 0.25) is 0 Å². The number of aryl methyl sites for hydroxylation is 1. The fourth-order valence-corrected chi connectivity index (χ4v) is 2.68. The Labute approximate surface area is 128 Å². The van der Waals surface area contributed by atoms with E-state index in [2.05, 4.69) is 55.9 Å². The number of unbranched alkanes of at least 4 members (excludes halogenated alkanes) is 5. The largest absolute Gasteiger partial charge is 0.256 e. The Morgan fingerprint density at radius 3 is 2.00 bits per heavy atom. The molecule has 0 atom stereocenters. The summed E-state index contributed by atoms with van der Waals surface area (Å²) in [5, 5.41) is 1.69. The van der Waals surface area contributed by atoms with Crippen molar-refractivity contribution in [2.24, 2.45) is 0 Å². The van der Waals surface area contributed by atoms with E-state index in [0.717, 1.165) is 22.0 Å². The molecular weight excluding hydrogens is 354 g/mol. The first-order valence-electron chi connectivity index (χ1n) is 6.90. The Kier molecular flexibility index (Phi) is 8.95. The summed E-state index contributed by atoms with van der Waals surface area (Å²) >= 11 is 6.97. The molecule has 18 heavy (non-hydrogen) atoms. The van der Waals surface area contributed by atoms with Gasteiger partial charge in [-0.2, -0.15) is 0 Å². The summed E-state index contributed by atoms with van der Waals surface area (Å²) in [6.45, 7) is 2.26. The molecule has 0 amide bonds. The predicted octanol–water partition coefficient (Wildman–Crippen LogP) is 5.77. The molecular formula is C15H23Br2N.